The van der Waals surface area contributed by atoms with Gasteiger partial charge in [0.25, 0.3) is 11.5 Å². The third-order valence-electron chi connectivity index (χ3n) is 3.11. The number of rotatable bonds is 2. The number of carbonyl (C=O) groups excluding carboxylic acids is 1. The molecule has 1 aliphatic carbocycles. The van der Waals surface area contributed by atoms with Crippen molar-refractivity contribution in [2.45, 2.75) is 45.1 Å². The minimum Gasteiger partial charge on any atom is -0.349 e. The van der Waals surface area contributed by atoms with E-state index in [9.17, 15) is 9.59 Å². The van der Waals surface area contributed by atoms with Gasteiger partial charge < -0.3 is 10.3 Å². The lowest BCUT2D eigenvalue weighted by Gasteiger charge is -2.22. The highest BCUT2D eigenvalue weighted by atomic mass is 16.2. The van der Waals surface area contributed by atoms with Crippen LogP contribution in [0, 0.1) is 6.92 Å². The lowest BCUT2D eigenvalue weighted by atomic mass is 9.95. The monoisotopic (exact) mass is 235 g/mol. The van der Waals surface area contributed by atoms with Crippen molar-refractivity contribution in [3.63, 3.8) is 0 Å². The molecule has 0 aromatic carbocycles. The lowest BCUT2D eigenvalue weighted by molar-refractivity contribution is 0.0925. The molecule has 0 aliphatic heterocycles. The fourth-order valence-corrected chi connectivity index (χ4v) is 2.16. The summed E-state index contributed by atoms with van der Waals surface area (Å²) in [4.78, 5) is 29.9. The van der Waals surface area contributed by atoms with Gasteiger partial charge >= 0.3 is 0 Å². The van der Waals surface area contributed by atoms with E-state index in [4.69, 9.17) is 0 Å². The van der Waals surface area contributed by atoms with Gasteiger partial charge in [0.15, 0.2) is 0 Å². The van der Waals surface area contributed by atoms with Gasteiger partial charge in [-0.05, 0) is 19.8 Å². The van der Waals surface area contributed by atoms with Crippen LogP contribution in [0.1, 0.15) is 48.3 Å². The second-order valence-corrected chi connectivity index (χ2v) is 4.52. The zero-order valence-electron chi connectivity index (χ0n) is 9.95. The predicted molar refractivity (Wildman–Crippen MR) is 63.9 cm³/mol. The summed E-state index contributed by atoms with van der Waals surface area (Å²) < 4.78 is 0. The van der Waals surface area contributed by atoms with Crippen LogP contribution in [-0.4, -0.2) is 21.9 Å². The molecule has 0 unspecified atom stereocenters. The van der Waals surface area contributed by atoms with Gasteiger partial charge in [0.1, 0.15) is 11.4 Å². The molecule has 1 heterocycles. The van der Waals surface area contributed by atoms with Crippen LogP contribution in [0.3, 0.4) is 0 Å². The maximum absolute atomic E-state index is 11.9. The Bertz CT molecular complexity index is 461. The zero-order chi connectivity index (χ0) is 12.3. The predicted octanol–water partition coefficient (Wildman–Crippen LogP) is 1.14. The molecular weight excluding hydrogens is 218 g/mol. The Morgan fingerprint density at radius 1 is 1.41 bits per heavy atom. The number of aromatic amines is 1. The average Bonchev–Trinajstić information content (AvgIpc) is 2.30. The van der Waals surface area contributed by atoms with Crippen molar-refractivity contribution >= 4 is 5.91 Å². The molecular formula is C12H17N3O2. The third kappa shape index (κ3) is 2.93. The van der Waals surface area contributed by atoms with Crippen LogP contribution in [0.15, 0.2) is 11.0 Å². The molecule has 0 spiro atoms. The van der Waals surface area contributed by atoms with Crippen LogP contribution in [0.5, 0.6) is 0 Å². The van der Waals surface area contributed by atoms with Gasteiger partial charge in [-0.15, -0.1) is 0 Å². The smallest absolute Gasteiger partial charge is 0.263 e. The van der Waals surface area contributed by atoms with E-state index in [0.717, 1.165) is 25.7 Å². The van der Waals surface area contributed by atoms with E-state index in [2.05, 4.69) is 15.3 Å². The fourth-order valence-electron chi connectivity index (χ4n) is 2.16. The maximum Gasteiger partial charge on any atom is 0.263 e. The normalized spacial score (nSPS) is 16.8. The Morgan fingerprint density at radius 2 is 2.12 bits per heavy atom. The van der Waals surface area contributed by atoms with Crippen LogP contribution in [0.2, 0.25) is 0 Å². The van der Waals surface area contributed by atoms with Gasteiger partial charge in [-0.1, -0.05) is 19.3 Å². The largest absolute Gasteiger partial charge is 0.349 e. The van der Waals surface area contributed by atoms with E-state index in [0.29, 0.717) is 5.82 Å². The molecule has 5 nitrogen and oxygen atoms in total. The second-order valence-electron chi connectivity index (χ2n) is 4.52. The summed E-state index contributed by atoms with van der Waals surface area (Å²) in [6.07, 6.45) is 6.87. The standard InChI is InChI=1S/C12H17N3O2/c1-8-13-7-10(11(16)14-8)12(17)15-9-5-3-2-4-6-9/h7,9H,2-6H2,1H3,(H,15,17)(H,13,14,16). The fraction of sp³-hybridized carbons (Fsp3) is 0.583. The summed E-state index contributed by atoms with van der Waals surface area (Å²) in [6.45, 7) is 1.68. The van der Waals surface area contributed by atoms with Crippen molar-refractivity contribution < 1.29 is 4.79 Å². The molecule has 1 amide bonds. The van der Waals surface area contributed by atoms with Crippen molar-refractivity contribution in [1.82, 2.24) is 15.3 Å². The minimum absolute atomic E-state index is 0.0983. The van der Waals surface area contributed by atoms with Gasteiger partial charge in [-0.25, -0.2) is 4.98 Å². The molecule has 2 N–H and O–H groups in total. The Hall–Kier alpha value is -1.65. The number of hydrogen-bond donors (Lipinski definition) is 2. The van der Waals surface area contributed by atoms with Crippen molar-refractivity contribution in [3.05, 3.63) is 27.9 Å². The maximum atomic E-state index is 11.9. The molecule has 2 rings (SSSR count). The van der Waals surface area contributed by atoms with Crippen LogP contribution in [-0.2, 0) is 0 Å². The van der Waals surface area contributed by atoms with Gasteiger partial charge in [0, 0.05) is 12.2 Å². The van der Waals surface area contributed by atoms with Crippen LogP contribution < -0.4 is 10.9 Å². The first-order valence-electron chi connectivity index (χ1n) is 6.03. The van der Waals surface area contributed by atoms with Gasteiger partial charge in [-0.3, -0.25) is 9.59 Å². The number of carbonyl (C=O) groups is 1. The summed E-state index contributed by atoms with van der Waals surface area (Å²) in [5, 5.41) is 2.90. The zero-order valence-corrected chi connectivity index (χ0v) is 9.95. The van der Waals surface area contributed by atoms with Crippen molar-refractivity contribution in [3.8, 4) is 0 Å². The summed E-state index contributed by atoms with van der Waals surface area (Å²) in [5.74, 6) is 0.204. The van der Waals surface area contributed by atoms with Crippen LogP contribution in [0.4, 0.5) is 0 Å². The van der Waals surface area contributed by atoms with E-state index >= 15 is 0 Å². The molecule has 0 bridgehead atoms. The molecule has 0 saturated heterocycles. The van der Waals surface area contributed by atoms with Crippen molar-refractivity contribution in [2.75, 3.05) is 0 Å². The van der Waals surface area contributed by atoms with Crippen molar-refractivity contribution in [1.29, 1.82) is 0 Å². The number of amides is 1. The summed E-state index contributed by atoms with van der Waals surface area (Å²) in [7, 11) is 0. The van der Waals surface area contributed by atoms with E-state index in [1.807, 2.05) is 0 Å². The first-order valence-corrected chi connectivity index (χ1v) is 6.03. The van der Waals surface area contributed by atoms with Crippen LogP contribution >= 0.6 is 0 Å². The highest BCUT2D eigenvalue weighted by molar-refractivity contribution is 5.93. The summed E-state index contributed by atoms with van der Waals surface area (Å²) >= 11 is 0. The summed E-state index contributed by atoms with van der Waals surface area (Å²) in [6, 6.07) is 0.206. The second kappa shape index (κ2) is 5.12. The Kier molecular flexibility index (Phi) is 3.56. The van der Waals surface area contributed by atoms with E-state index in [1.54, 1.807) is 6.92 Å². The molecule has 1 aromatic heterocycles. The molecule has 1 fully saturated rings. The van der Waals surface area contributed by atoms with E-state index < -0.39 is 0 Å². The topological polar surface area (TPSA) is 74.8 Å². The average molecular weight is 235 g/mol. The van der Waals surface area contributed by atoms with Gasteiger partial charge in [0.2, 0.25) is 0 Å². The van der Waals surface area contributed by atoms with Gasteiger partial charge in [0.05, 0.1) is 0 Å². The molecule has 1 aromatic rings. The Morgan fingerprint density at radius 3 is 2.76 bits per heavy atom. The molecule has 0 radical (unpaired) electrons. The lowest BCUT2D eigenvalue weighted by Crippen LogP contribution is -2.38. The number of aromatic nitrogens is 2. The quantitative estimate of drug-likeness (QED) is 0.807. The van der Waals surface area contributed by atoms with Gasteiger partial charge in [-0.2, -0.15) is 0 Å². The number of H-pyrrole nitrogens is 1. The number of aryl methyl sites for hydroxylation is 1. The van der Waals surface area contributed by atoms with Crippen molar-refractivity contribution in [2.24, 2.45) is 0 Å². The summed E-state index contributed by atoms with van der Waals surface area (Å²) in [5.41, 5.74) is -0.271. The first kappa shape index (κ1) is 11.8. The first-order chi connectivity index (χ1) is 8.16. The van der Waals surface area contributed by atoms with Crippen LogP contribution in [0.25, 0.3) is 0 Å². The number of hydrogen-bond acceptors (Lipinski definition) is 3. The minimum atomic E-state index is -0.370. The molecule has 5 heteroatoms. The van der Waals surface area contributed by atoms with E-state index in [1.165, 1.54) is 12.6 Å². The molecule has 1 aliphatic rings. The molecule has 17 heavy (non-hydrogen) atoms. The molecule has 92 valence electrons. The third-order valence-corrected chi connectivity index (χ3v) is 3.11. The number of nitrogens with zero attached hydrogens (tertiary/aromatic N) is 1. The highest BCUT2D eigenvalue weighted by Gasteiger charge is 2.18. The number of nitrogens with one attached hydrogen (secondary N) is 2. The SMILES string of the molecule is Cc1ncc(C(=O)NC2CCCCC2)c(=O)[nH]1. The van der Waals surface area contributed by atoms with E-state index in [-0.39, 0.29) is 23.1 Å². The molecule has 1 saturated carbocycles. The highest BCUT2D eigenvalue weighted by Crippen LogP contribution is 2.17. The Balaban J connectivity index is 2.06. The molecule has 0 atom stereocenters. The Labute approximate surface area is 99.7 Å².